The van der Waals surface area contributed by atoms with Gasteiger partial charge in [0.05, 0.1) is 24.9 Å². The lowest BCUT2D eigenvalue weighted by Crippen LogP contribution is -2.22. The maximum Gasteiger partial charge on any atom is 0.243 e. The van der Waals surface area contributed by atoms with E-state index in [-0.39, 0.29) is 12.5 Å². The minimum absolute atomic E-state index is 0.126. The quantitative estimate of drug-likeness (QED) is 0.735. The Bertz CT molecular complexity index is 727. The van der Waals surface area contributed by atoms with Gasteiger partial charge in [0.25, 0.3) is 0 Å². The van der Waals surface area contributed by atoms with E-state index in [1.165, 1.54) is 12.8 Å². The average Bonchev–Trinajstić information content (AvgIpc) is 3.15. The Morgan fingerprint density at radius 3 is 2.73 bits per heavy atom. The molecule has 1 fully saturated rings. The molecular formula is C21H26N2O3. The van der Waals surface area contributed by atoms with E-state index in [1.54, 1.807) is 0 Å². The van der Waals surface area contributed by atoms with Crippen LogP contribution in [-0.2, 0) is 4.79 Å². The number of nitrogens with one attached hydrogen (secondary N) is 2. The number of rotatable bonds is 8. The minimum Gasteiger partial charge on any atom is -0.492 e. The van der Waals surface area contributed by atoms with Crippen molar-refractivity contribution in [1.29, 1.82) is 0 Å². The number of para-hydroxylation sites is 2. The highest BCUT2D eigenvalue weighted by atomic mass is 16.5. The Morgan fingerprint density at radius 1 is 1.12 bits per heavy atom. The third-order valence-corrected chi connectivity index (χ3v) is 4.35. The molecule has 0 radical (unpaired) electrons. The van der Waals surface area contributed by atoms with Crippen molar-refractivity contribution in [2.45, 2.75) is 38.7 Å². The van der Waals surface area contributed by atoms with Crippen molar-refractivity contribution in [1.82, 2.24) is 0 Å². The second-order valence-corrected chi connectivity index (χ2v) is 6.38. The topological polar surface area (TPSA) is 59.6 Å². The maximum absolute atomic E-state index is 12.2. The maximum atomic E-state index is 12.2. The summed E-state index contributed by atoms with van der Waals surface area (Å²) in [6.07, 6.45) is 5.06. The zero-order valence-electron chi connectivity index (χ0n) is 15.2. The Morgan fingerprint density at radius 2 is 1.92 bits per heavy atom. The molecule has 2 aromatic rings. The molecule has 2 N–H and O–H groups in total. The summed E-state index contributed by atoms with van der Waals surface area (Å²) >= 11 is 0. The van der Waals surface area contributed by atoms with Gasteiger partial charge >= 0.3 is 0 Å². The van der Waals surface area contributed by atoms with E-state index in [4.69, 9.17) is 9.47 Å². The highest BCUT2D eigenvalue weighted by Gasteiger charge is 2.16. The molecule has 26 heavy (non-hydrogen) atoms. The van der Waals surface area contributed by atoms with Gasteiger partial charge in [-0.05, 0) is 56.9 Å². The standard InChI is InChI=1S/C21H26N2O3/c1-2-25-20-13-6-5-12-19(20)23-21(24)15-22-16-8-7-11-18(14-16)26-17-9-3-4-10-17/h5-8,11-14,17,22H,2-4,9-10,15H2,1H3,(H,23,24). The molecule has 0 atom stereocenters. The largest absolute Gasteiger partial charge is 0.492 e. The fourth-order valence-electron chi connectivity index (χ4n) is 3.11. The van der Waals surface area contributed by atoms with Crippen molar-refractivity contribution in [2.75, 3.05) is 23.8 Å². The molecule has 0 unspecified atom stereocenters. The molecule has 1 aliphatic rings. The third-order valence-electron chi connectivity index (χ3n) is 4.35. The molecule has 0 spiro atoms. The first kappa shape index (κ1) is 18.1. The molecule has 0 heterocycles. The first-order valence-corrected chi connectivity index (χ1v) is 9.27. The number of ether oxygens (including phenoxy) is 2. The van der Waals surface area contributed by atoms with Crippen LogP contribution < -0.4 is 20.1 Å². The highest BCUT2D eigenvalue weighted by Crippen LogP contribution is 2.26. The van der Waals surface area contributed by atoms with E-state index >= 15 is 0 Å². The van der Waals surface area contributed by atoms with Crippen molar-refractivity contribution in [3.05, 3.63) is 48.5 Å². The van der Waals surface area contributed by atoms with Crippen LogP contribution in [0, 0.1) is 0 Å². The van der Waals surface area contributed by atoms with E-state index in [1.807, 2.05) is 55.5 Å². The predicted molar refractivity (Wildman–Crippen MR) is 104 cm³/mol. The van der Waals surface area contributed by atoms with Gasteiger partial charge in [0, 0.05) is 11.8 Å². The van der Waals surface area contributed by atoms with Gasteiger partial charge in [-0.2, -0.15) is 0 Å². The summed E-state index contributed by atoms with van der Waals surface area (Å²) in [6, 6.07) is 15.2. The Hall–Kier alpha value is -2.69. The van der Waals surface area contributed by atoms with E-state index in [0.717, 1.165) is 24.3 Å². The van der Waals surface area contributed by atoms with Crippen molar-refractivity contribution in [3.63, 3.8) is 0 Å². The summed E-state index contributed by atoms with van der Waals surface area (Å²) in [7, 11) is 0. The normalized spacial score (nSPS) is 14.0. The van der Waals surface area contributed by atoms with E-state index < -0.39 is 0 Å². The molecule has 5 nitrogen and oxygen atoms in total. The van der Waals surface area contributed by atoms with Gasteiger partial charge in [-0.25, -0.2) is 0 Å². The van der Waals surface area contributed by atoms with Crippen molar-refractivity contribution < 1.29 is 14.3 Å². The van der Waals surface area contributed by atoms with Gasteiger partial charge in [-0.1, -0.05) is 18.2 Å². The van der Waals surface area contributed by atoms with Crippen molar-refractivity contribution in [2.24, 2.45) is 0 Å². The van der Waals surface area contributed by atoms with Crippen LogP contribution in [0.3, 0.4) is 0 Å². The van der Waals surface area contributed by atoms with Gasteiger partial charge < -0.3 is 20.1 Å². The predicted octanol–water partition coefficient (Wildman–Crippen LogP) is 4.46. The number of carbonyl (C=O) groups is 1. The van der Waals surface area contributed by atoms with Crippen LogP contribution in [0.1, 0.15) is 32.6 Å². The molecule has 0 saturated heterocycles. The molecule has 1 amide bonds. The number of hydrogen-bond donors (Lipinski definition) is 2. The van der Waals surface area contributed by atoms with Gasteiger partial charge in [0.1, 0.15) is 11.5 Å². The van der Waals surface area contributed by atoms with E-state index in [0.29, 0.717) is 24.1 Å². The molecule has 5 heteroatoms. The summed E-state index contributed by atoms with van der Waals surface area (Å²) < 4.78 is 11.5. The number of amides is 1. The lowest BCUT2D eigenvalue weighted by atomic mass is 10.2. The number of benzene rings is 2. The monoisotopic (exact) mass is 354 g/mol. The van der Waals surface area contributed by atoms with Crippen LogP contribution in [0.25, 0.3) is 0 Å². The minimum atomic E-state index is -0.126. The Balaban J connectivity index is 1.53. The summed E-state index contributed by atoms with van der Waals surface area (Å²) in [5.41, 5.74) is 1.55. The van der Waals surface area contributed by atoms with Crippen LogP contribution >= 0.6 is 0 Å². The molecule has 3 rings (SSSR count). The summed E-state index contributed by atoms with van der Waals surface area (Å²) in [4.78, 5) is 12.2. The van der Waals surface area contributed by atoms with Gasteiger partial charge in [0.2, 0.25) is 5.91 Å². The summed E-state index contributed by atoms with van der Waals surface area (Å²) in [5, 5.41) is 6.03. The van der Waals surface area contributed by atoms with Gasteiger partial charge in [-0.3, -0.25) is 4.79 Å². The van der Waals surface area contributed by atoms with Crippen LogP contribution in [0.5, 0.6) is 11.5 Å². The molecule has 1 saturated carbocycles. The van der Waals surface area contributed by atoms with Crippen LogP contribution in [0.15, 0.2) is 48.5 Å². The number of carbonyl (C=O) groups excluding carboxylic acids is 1. The molecular weight excluding hydrogens is 328 g/mol. The molecule has 138 valence electrons. The van der Waals surface area contributed by atoms with Crippen LogP contribution in [-0.4, -0.2) is 25.2 Å². The molecule has 0 aliphatic heterocycles. The zero-order chi connectivity index (χ0) is 18.2. The molecule has 0 aromatic heterocycles. The lowest BCUT2D eigenvalue weighted by molar-refractivity contribution is -0.114. The van der Waals surface area contributed by atoms with E-state index in [2.05, 4.69) is 10.6 Å². The summed E-state index contributed by atoms with van der Waals surface area (Å²) in [5.74, 6) is 1.40. The summed E-state index contributed by atoms with van der Waals surface area (Å²) in [6.45, 7) is 2.65. The number of anilines is 2. The first-order chi connectivity index (χ1) is 12.7. The third kappa shape index (κ3) is 5.15. The molecule has 1 aliphatic carbocycles. The van der Waals surface area contributed by atoms with Crippen molar-refractivity contribution in [3.8, 4) is 11.5 Å². The second kappa shape index (κ2) is 9.13. The van der Waals surface area contributed by atoms with Gasteiger partial charge in [0.15, 0.2) is 0 Å². The Kier molecular flexibility index (Phi) is 6.36. The second-order valence-electron chi connectivity index (χ2n) is 6.38. The SMILES string of the molecule is CCOc1ccccc1NC(=O)CNc1cccc(OC2CCCC2)c1. The average molecular weight is 354 g/mol. The fourth-order valence-corrected chi connectivity index (χ4v) is 3.11. The number of hydrogen-bond acceptors (Lipinski definition) is 4. The zero-order valence-corrected chi connectivity index (χ0v) is 15.2. The van der Waals surface area contributed by atoms with Crippen LogP contribution in [0.2, 0.25) is 0 Å². The van der Waals surface area contributed by atoms with E-state index in [9.17, 15) is 4.79 Å². The Labute approximate surface area is 154 Å². The highest BCUT2D eigenvalue weighted by molar-refractivity contribution is 5.95. The first-order valence-electron chi connectivity index (χ1n) is 9.27. The lowest BCUT2D eigenvalue weighted by Gasteiger charge is -2.15. The molecule has 2 aromatic carbocycles. The van der Waals surface area contributed by atoms with Crippen LogP contribution in [0.4, 0.5) is 11.4 Å². The van der Waals surface area contributed by atoms with Crippen molar-refractivity contribution >= 4 is 17.3 Å². The smallest absolute Gasteiger partial charge is 0.243 e. The molecule has 0 bridgehead atoms. The fraction of sp³-hybridized carbons (Fsp3) is 0.381. The van der Waals surface area contributed by atoms with Gasteiger partial charge in [-0.15, -0.1) is 0 Å².